The molecule has 1 fully saturated rings. The van der Waals surface area contributed by atoms with Crippen molar-refractivity contribution < 1.29 is 14.7 Å². The molecule has 122 valence electrons. The molecule has 0 spiro atoms. The van der Waals surface area contributed by atoms with Crippen LogP contribution in [0.3, 0.4) is 0 Å². The molecule has 1 aliphatic rings. The van der Waals surface area contributed by atoms with Gasteiger partial charge in [0, 0.05) is 11.6 Å². The largest absolute Gasteiger partial charge is 0.480 e. The van der Waals surface area contributed by atoms with Gasteiger partial charge in [-0.25, -0.2) is 4.79 Å². The molecule has 5 nitrogen and oxygen atoms in total. The first kappa shape index (κ1) is 17.8. The summed E-state index contributed by atoms with van der Waals surface area (Å²) in [5, 5.41) is 12.1. The highest BCUT2D eigenvalue weighted by Gasteiger charge is 2.33. The van der Waals surface area contributed by atoms with E-state index in [4.69, 9.17) is 5.11 Å². The van der Waals surface area contributed by atoms with E-state index in [0.29, 0.717) is 0 Å². The highest BCUT2D eigenvalue weighted by molar-refractivity contribution is 5.80. The molecule has 5 heteroatoms. The summed E-state index contributed by atoms with van der Waals surface area (Å²) in [6, 6.07) is -0.190. The van der Waals surface area contributed by atoms with E-state index in [1.165, 1.54) is 4.90 Å². The summed E-state index contributed by atoms with van der Waals surface area (Å²) in [5.74, 6) is -0.953. The lowest BCUT2D eigenvalue weighted by atomic mass is 9.82. The Hall–Kier alpha value is -1.26. The fourth-order valence-electron chi connectivity index (χ4n) is 3.46. The van der Waals surface area contributed by atoms with Gasteiger partial charge in [-0.1, -0.05) is 33.6 Å². The van der Waals surface area contributed by atoms with Crippen LogP contribution >= 0.6 is 0 Å². The van der Waals surface area contributed by atoms with Crippen LogP contribution in [0.1, 0.15) is 66.7 Å². The molecule has 0 aromatic carbocycles. The van der Waals surface area contributed by atoms with E-state index in [1.807, 2.05) is 13.8 Å². The number of carbonyl (C=O) groups excluding carboxylic acids is 1. The topological polar surface area (TPSA) is 69.6 Å². The third-order valence-electron chi connectivity index (χ3n) is 3.75. The number of hydrogen-bond acceptors (Lipinski definition) is 2. The number of amides is 2. The zero-order chi connectivity index (χ0) is 16.3. The highest BCUT2D eigenvalue weighted by Crippen LogP contribution is 2.28. The molecule has 0 unspecified atom stereocenters. The number of urea groups is 1. The lowest BCUT2D eigenvalue weighted by molar-refractivity contribution is -0.138. The Bertz CT molecular complexity index is 379. The van der Waals surface area contributed by atoms with Crippen LogP contribution in [0, 0.1) is 5.41 Å². The van der Waals surface area contributed by atoms with Crippen molar-refractivity contribution in [2.45, 2.75) is 78.3 Å². The van der Waals surface area contributed by atoms with E-state index >= 15 is 0 Å². The third-order valence-corrected chi connectivity index (χ3v) is 3.75. The summed E-state index contributed by atoms with van der Waals surface area (Å²) in [5.41, 5.74) is -0.257. The van der Waals surface area contributed by atoms with Crippen LogP contribution in [0.25, 0.3) is 0 Å². The summed E-state index contributed by atoms with van der Waals surface area (Å²) in [4.78, 5) is 25.1. The van der Waals surface area contributed by atoms with Gasteiger partial charge in [0.1, 0.15) is 6.54 Å². The van der Waals surface area contributed by atoms with Gasteiger partial charge in [0.2, 0.25) is 0 Å². The van der Waals surface area contributed by atoms with Crippen molar-refractivity contribution in [3.63, 3.8) is 0 Å². The Morgan fingerprint density at radius 1 is 1.14 bits per heavy atom. The van der Waals surface area contributed by atoms with Crippen molar-refractivity contribution in [2.75, 3.05) is 6.54 Å². The molecule has 0 radical (unpaired) electrons. The van der Waals surface area contributed by atoms with Gasteiger partial charge in [-0.05, 0) is 38.5 Å². The minimum absolute atomic E-state index is 0.0616. The van der Waals surface area contributed by atoms with Crippen molar-refractivity contribution in [3.05, 3.63) is 0 Å². The van der Waals surface area contributed by atoms with Crippen molar-refractivity contribution in [1.29, 1.82) is 0 Å². The van der Waals surface area contributed by atoms with Gasteiger partial charge in [0.05, 0.1) is 0 Å². The maximum absolute atomic E-state index is 12.5. The Labute approximate surface area is 128 Å². The first-order valence-corrected chi connectivity index (χ1v) is 7.81. The lowest BCUT2D eigenvalue weighted by Gasteiger charge is -2.36. The maximum atomic E-state index is 12.5. The number of rotatable bonds is 5. The molecule has 1 aliphatic carbocycles. The molecular formula is C16H30N2O3. The van der Waals surface area contributed by atoms with Gasteiger partial charge < -0.3 is 15.3 Å². The van der Waals surface area contributed by atoms with Crippen LogP contribution < -0.4 is 5.32 Å². The molecule has 2 N–H and O–H groups in total. The second-order valence-corrected chi connectivity index (χ2v) is 8.01. The summed E-state index contributed by atoms with van der Waals surface area (Å²) in [7, 11) is 0. The Balaban J connectivity index is 2.73. The maximum Gasteiger partial charge on any atom is 0.323 e. The van der Waals surface area contributed by atoms with Gasteiger partial charge in [0.25, 0.3) is 0 Å². The minimum Gasteiger partial charge on any atom is -0.480 e. The number of hydrogen-bond donors (Lipinski definition) is 2. The van der Waals surface area contributed by atoms with E-state index in [2.05, 4.69) is 26.1 Å². The Kier molecular flexibility index (Phi) is 5.65. The number of carboxylic acid groups (broad SMARTS) is 1. The first-order valence-electron chi connectivity index (χ1n) is 7.81. The molecule has 0 aliphatic heterocycles. The van der Waals surface area contributed by atoms with Crippen LogP contribution in [0.4, 0.5) is 4.79 Å². The van der Waals surface area contributed by atoms with Gasteiger partial charge >= 0.3 is 12.0 Å². The van der Waals surface area contributed by atoms with Crippen molar-refractivity contribution in [1.82, 2.24) is 10.2 Å². The molecule has 1 saturated carbocycles. The smallest absolute Gasteiger partial charge is 0.323 e. The molecule has 21 heavy (non-hydrogen) atoms. The predicted octanol–water partition coefficient (Wildman–Crippen LogP) is 3.24. The Morgan fingerprint density at radius 3 is 2.10 bits per heavy atom. The highest BCUT2D eigenvalue weighted by atomic mass is 16.4. The molecule has 0 atom stereocenters. The monoisotopic (exact) mass is 298 g/mol. The number of aliphatic carboxylic acids is 1. The third kappa shape index (κ3) is 6.36. The number of nitrogens with one attached hydrogen (secondary N) is 1. The van der Waals surface area contributed by atoms with E-state index < -0.39 is 5.97 Å². The van der Waals surface area contributed by atoms with Crippen LogP contribution in [-0.2, 0) is 4.79 Å². The normalized spacial score (nSPS) is 16.8. The summed E-state index contributed by atoms with van der Waals surface area (Å²) >= 11 is 0. The van der Waals surface area contributed by atoms with E-state index in [9.17, 15) is 9.59 Å². The SMILES string of the molecule is CC(C)(C)CC(C)(C)NC(=O)N(CC(=O)O)C1CCCC1. The van der Waals surface area contributed by atoms with Crippen LogP contribution in [0.5, 0.6) is 0 Å². The number of nitrogens with zero attached hydrogens (tertiary/aromatic N) is 1. The second kappa shape index (κ2) is 6.67. The fourth-order valence-corrected chi connectivity index (χ4v) is 3.46. The van der Waals surface area contributed by atoms with E-state index in [0.717, 1.165) is 32.1 Å². The van der Waals surface area contributed by atoms with Crippen molar-refractivity contribution in [2.24, 2.45) is 5.41 Å². The molecule has 0 heterocycles. The number of carboxylic acids is 1. The van der Waals surface area contributed by atoms with E-state index in [1.54, 1.807) is 0 Å². The van der Waals surface area contributed by atoms with Gasteiger partial charge in [-0.3, -0.25) is 4.79 Å². The molecular weight excluding hydrogens is 268 g/mol. The van der Waals surface area contributed by atoms with Gasteiger partial charge in [-0.15, -0.1) is 0 Å². The molecule has 1 rings (SSSR count). The molecule has 0 aromatic heterocycles. The summed E-state index contributed by atoms with van der Waals surface area (Å²) in [6.07, 6.45) is 4.77. The minimum atomic E-state index is -0.953. The van der Waals surface area contributed by atoms with Crippen LogP contribution in [0.15, 0.2) is 0 Å². The van der Waals surface area contributed by atoms with Gasteiger partial charge in [0.15, 0.2) is 0 Å². The van der Waals surface area contributed by atoms with E-state index in [-0.39, 0.29) is 29.6 Å². The molecule has 0 saturated heterocycles. The zero-order valence-electron chi connectivity index (χ0n) is 14.0. The molecule has 2 amide bonds. The van der Waals surface area contributed by atoms with Crippen molar-refractivity contribution >= 4 is 12.0 Å². The zero-order valence-corrected chi connectivity index (χ0v) is 14.0. The predicted molar refractivity (Wildman–Crippen MR) is 83.3 cm³/mol. The summed E-state index contributed by atoms with van der Waals surface area (Å²) < 4.78 is 0. The fraction of sp³-hybridized carbons (Fsp3) is 0.875. The quantitative estimate of drug-likeness (QED) is 0.818. The molecule has 0 bridgehead atoms. The van der Waals surface area contributed by atoms with Gasteiger partial charge in [-0.2, -0.15) is 0 Å². The van der Waals surface area contributed by atoms with Crippen LogP contribution in [-0.4, -0.2) is 40.1 Å². The second-order valence-electron chi connectivity index (χ2n) is 8.01. The number of carbonyl (C=O) groups is 2. The first-order chi connectivity index (χ1) is 9.50. The average Bonchev–Trinajstić information content (AvgIpc) is 2.73. The Morgan fingerprint density at radius 2 is 1.67 bits per heavy atom. The summed E-state index contributed by atoms with van der Waals surface area (Å²) in [6.45, 7) is 10.2. The average molecular weight is 298 g/mol. The standard InChI is InChI=1S/C16H30N2O3/c1-15(2,3)11-16(4,5)17-14(21)18(10-13(19)20)12-8-6-7-9-12/h12H,6-11H2,1-5H3,(H,17,21)(H,19,20). The van der Waals surface area contributed by atoms with Crippen molar-refractivity contribution in [3.8, 4) is 0 Å². The van der Waals surface area contributed by atoms with Crippen LogP contribution in [0.2, 0.25) is 0 Å². The molecule has 0 aromatic rings. The lowest BCUT2D eigenvalue weighted by Crippen LogP contribution is -2.54.